The molecule has 1 aromatic heterocycles. The number of hydrogen-bond donors (Lipinski definition) is 0. The molecule has 0 atom stereocenters. The highest BCUT2D eigenvalue weighted by Gasteiger charge is 2.08. The molecule has 4 heteroatoms. The van der Waals surface area contributed by atoms with Crippen LogP contribution >= 0.6 is 0 Å². The van der Waals surface area contributed by atoms with Gasteiger partial charge in [-0.15, -0.1) is 0 Å². The third-order valence-electron chi connectivity index (χ3n) is 5.97. The maximum absolute atomic E-state index is 14.5. The molecule has 0 radical (unpaired) electrons. The molecule has 2 rings (SSSR count). The lowest BCUT2D eigenvalue weighted by Crippen LogP contribution is -2.00. The van der Waals surface area contributed by atoms with Gasteiger partial charge in [-0.05, 0) is 43.0 Å². The van der Waals surface area contributed by atoms with Crippen LogP contribution in [0.2, 0.25) is 0 Å². The molecule has 0 aliphatic carbocycles. The van der Waals surface area contributed by atoms with E-state index in [1.807, 2.05) is 18.5 Å². The van der Waals surface area contributed by atoms with Crippen LogP contribution in [-0.2, 0) is 6.42 Å². The van der Waals surface area contributed by atoms with E-state index in [1.54, 1.807) is 6.07 Å². The summed E-state index contributed by atoms with van der Waals surface area (Å²) in [4.78, 5) is 8.86. The molecule has 2 aromatic rings. The van der Waals surface area contributed by atoms with Crippen molar-refractivity contribution in [3.05, 3.63) is 42.0 Å². The Kier molecular flexibility index (Phi) is 13.7. The molecule has 3 nitrogen and oxygen atoms in total. The zero-order chi connectivity index (χ0) is 22.9. The van der Waals surface area contributed by atoms with Gasteiger partial charge in [-0.25, -0.2) is 14.4 Å². The molecular formula is C28H43FN2O. The Hall–Kier alpha value is -1.97. The highest BCUT2D eigenvalue weighted by atomic mass is 19.1. The van der Waals surface area contributed by atoms with Gasteiger partial charge in [0.25, 0.3) is 0 Å². The SMILES string of the molecule is CCCCCCCCCCCCOc1ccc(-c2ncc(CCCCCC)cn2)cc1F. The molecule has 32 heavy (non-hydrogen) atoms. The number of aromatic nitrogens is 2. The zero-order valence-corrected chi connectivity index (χ0v) is 20.4. The highest BCUT2D eigenvalue weighted by Crippen LogP contribution is 2.24. The van der Waals surface area contributed by atoms with Gasteiger partial charge < -0.3 is 4.74 Å². The first-order valence-corrected chi connectivity index (χ1v) is 13.0. The number of halogens is 1. The molecule has 0 aliphatic heterocycles. The van der Waals surface area contributed by atoms with E-state index >= 15 is 0 Å². The predicted molar refractivity (Wildman–Crippen MR) is 133 cm³/mol. The van der Waals surface area contributed by atoms with E-state index in [4.69, 9.17) is 4.74 Å². The van der Waals surface area contributed by atoms with Gasteiger partial charge >= 0.3 is 0 Å². The monoisotopic (exact) mass is 442 g/mol. The molecule has 0 fully saturated rings. The second-order valence-electron chi connectivity index (χ2n) is 8.90. The van der Waals surface area contributed by atoms with Crippen molar-refractivity contribution >= 4 is 0 Å². The van der Waals surface area contributed by atoms with Crippen molar-refractivity contribution in [1.82, 2.24) is 9.97 Å². The fourth-order valence-electron chi connectivity index (χ4n) is 3.92. The van der Waals surface area contributed by atoms with E-state index in [9.17, 15) is 4.39 Å². The number of nitrogens with zero attached hydrogens (tertiary/aromatic N) is 2. The molecule has 0 unspecified atom stereocenters. The van der Waals surface area contributed by atoms with Crippen LogP contribution in [0.4, 0.5) is 4.39 Å². The molecule has 0 amide bonds. The summed E-state index contributed by atoms with van der Waals surface area (Å²) in [6, 6.07) is 5.01. The van der Waals surface area contributed by atoms with E-state index in [0.717, 1.165) is 31.2 Å². The number of hydrogen-bond acceptors (Lipinski definition) is 3. The Balaban J connectivity index is 1.65. The molecule has 0 spiro atoms. The molecule has 0 saturated carbocycles. The summed E-state index contributed by atoms with van der Waals surface area (Å²) >= 11 is 0. The van der Waals surface area contributed by atoms with Crippen molar-refractivity contribution in [2.45, 2.75) is 110 Å². The largest absolute Gasteiger partial charge is 0.491 e. The van der Waals surface area contributed by atoms with Crippen molar-refractivity contribution in [2.24, 2.45) is 0 Å². The van der Waals surface area contributed by atoms with Gasteiger partial charge in [0.2, 0.25) is 0 Å². The van der Waals surface area contributed by atoms with E-state index in [0.29, 0.717) is 23.7 Å². The first-order chi connectivity index (χ1) is 15.7. The predicted octanol–water partition coefficient (Wildman–Crippen LogP) is 8.71. The number of aryl methyl sites for hydroxylation is 1. The summed E-state index contributed by atoms with van der Waals surface area (Å²) < 4.78 is 20.1. The van der Waals surface area contributed by atoms with Gasteiger partial charge in [-0.3, -0.25) is 0 Å². The minimum absolute atomic E-state index is 0.317. The van der Waals surface area contributed by atoms with Crippen LogP contribution in [0.1, 0.15) is 109 Å². The summed E-state index contributed by atoms with van der Waals surface area (Å²) in [6.45, 7) is 5.03. The summed E-state index contributed by atoms with van der Waals surface area (Å²) in [6.07, 6.45) is 22.4. The second kappa shape index (κ2) is 16.6. The molecule has 1 aromatic carbocycles. The lowest BCUT2D eigenvalue weighted by atomic mass is 10.1. The normalized spacial score (nSPS) is 11.1. The topological polar surface area (TPSA) is 35.0 Å². The summed E-state index contributed by atoms with van der Waals surface area (Å²) in [5, 5.41) is 0. The van der Waals surface area contributed by atoms with E-state index in [2.05, 4.69) is 23.8 Å². The Morgan fingerprint density at radius 2 is 1.28 bits per heavy atom. The van der Waals surface area contributed by atoms with E-state index in [-0.39, 0.29) is 5.82 Å². The first kappa shape index (κ1) is 26.3. The number of rotatable bonds is 18. The molecule has 178 valence electrons. The highest BCUT2D eigenvalue weighted by molar-refractivity contribution is 5.56. The molecule has 0 N–H and O–H groups in total. The Bertz CT molecular complexity index is 733. The van der Waals surface area contributed by atoms with Crippen LogP contribution < -0.4 is 4.74 Å². The van der Waals surface area contributed by atoms with Crippen LogP contribution in [0.3, 0.4) is 0 Å². The number of ether oxygens (including phenoxy) is 1. The Labute approximate surface area is 195 Å². The van der Waals surface area contributed by atoms with Crippen molar-refractivity contribution in [2.75, 3.05) is 6.61 Å². The average molecular weight is 443 g/mol. The van der Waals surface area contributed by atoms with Crippen LogP contribution in [0, 0.1) is 5.82 Å². The number of benzene rings is 1. The van der Waals surface area contributed by atoms with Gasteiger partial charge in [-0.2, -0.15) is 0 Å². The van der Waals surface area contributed by atoms with Crippen molar-refractivity contribution in [1.29, 1.82) is 0 Å². The fourth-order valence-corrected chi connectivity index (χ4v) is 3.92. The quantitative estimate of drug-likeness (QED) is 0.216. The lowest BCUT2D eigenvalue weighted by molar-refractivity contribution is 0.290. The maximum Gasteiger partial charge on any atom is 0.165 e. The van der Waals surface area contributed by atoms with Gasteiger partial charge in [-0.1, -0.05) is 90.9 Å². The Morgan fingerprint density at radius 1 is 0.719 bits per heavy atom. The molecule has 0 bridgehead atoms. The standard InChI is InChI=1S/C28H43FN2O/c1-3-5-7-9-10-11-12-13-14-16-20-32-27-19-18-25(21-26(27)29)28-30-22-24(23-31-28)17-15-8-6-4-2/h18-19,21-23H,3-17,20H2,1-2H3. The lowest BCUT2D eigenvalue weighted by Gasteiger charge is -2.09. The van der Waals surface area contributed by atoms with Crippen LogP contribution in [-0.4, -0.2) is 16.6 Å². The summed E-state index contributed by atoms with van der Waals surface area (Å²) in [5.74, 6) is 0.529. The van der Waals surface area contributed by atoms with Crippen LogP contribution in [0.25, 0.3) is 11.4 Å². The maximum atomic E-state index is 14.5. The molecule has 1 heterocycles. The second-order valence-corrected chi connectivity index (χ2v) is 8.90. The Morgan fingerprint density at radius 3 is 1.88 bits per heavy atom. The molecule has 0 aliphatic rings. The average Bonchev–Trinajstić information content (AvgIpc) is 2.81. The third-order valence-corrected chi connectivity index (χ3v) is 5.97. The van der Waals surface area contributed by atoms with Gasteiger partial charge in [0, 0.05) is 18.0 Å². The molecular weight excluding hydrogens is 399 g/mol. The van der Waals surface area contributed by atoms with Gasteiger partial charge in [0.1, 0.15) is 0 Å². The number of unbranched alkanes of at least 4 members (excludes halogenated alkanes) is 12. The smallest absolute Gasteiger partial charge is 0.165 e. The summed E-state index contributed by atoms with van der Waals surface area (Å²) in [7, 11) is 0. The zero-order valence-electron chi connectivity index (χ0n) is 20.4. The van der Waals surface area contributed by atoms with E-state index < -0.39 is 0 Å². The first-order valence-electron chi connectivity index (χ1n) is 13.0. The van der Waals surface area contributed by atoms with Crippen molar-refractivity contribution in [3.63, 3.8) is 0 Å². The van der Waals surface area contributed by atoms with Crippen LogP contribution in [0.15, 0.2) is 30.6 Å². The minimum atomic E-state index is -0.346. The molecule has 0 saturated heterocycles. The van der Waals surface area contributed by atoms with Gasteiger partial charge in [0.15, 0.2) is 17.4 Å². The third kappa shape index (κ3) is 10.6. The van der Waals surface area contributed by atoms with Crippen LogP contribution in [0.5, 0.6) is 5.75 Å². The minimum Gasteiger partial charge on any atom is -0.491 e. The fraction of sp³-hybridized carbons (Fsp3) is 0.643. The van der Waals surface area contributed by atoms with Crippen molar-refractivity contribution in [3.8, 4) is 17.1 Å². The van der Waals surface area contributed by atoms with E-state index in [1.165, 1.54) is 76.7 Å². The van der Waals surface area contributed by atoms with Crippen molar-refractivity contribution < 1.29 is 9.13 Å². The summed E-state index contributed by atoms with van der Waals surface area (Å²) in [5.41, 5.74) is 1.83. The van der Waals surface area contributed by atoms with Gasteiger partial charge in [0.05, 0.1) is 6.61 Å².